The molecule has 1 aliphatic heterocycles. The van der Waals surface area contributed by atoms with Gasteiger partial charge in [-0.05, 0) is 26.7 Å². The number of hydrogen-bond acceptors (Lipinski definition) is 4. The van der Waals surface area contributed by atoms with E-state index in [4.69, 9.17) is 0 Å². The number of rotatable bonds is 3. The highest BCUT2D eigenvalue weighted by molar-refractivity contribution is 6.10. The molecule has 1 spiro atoms. The number of imide groups is 1. The Morgan fingerprint density at radius 3 is 2.36 bits per heavy atom. The third-order valence-corrected chi connectivity index (χ3v) is 5.56. The first-order valence-corrected chi connectivity index (χ1v) is 8.68. The molecule has 1 saturated heterocycles. The SMILES string of the molecule is Cc1nn(C)c(C)c1NC(=O)CN1C(=O)N(C)C2(CCCCC2)C1=O. The second kappa shape index (κ2) is 6.16. The van der Waals surface area contributed by atoms with Crippen molar-refractivity contribution in [2.24, 2.45) is 7.05 Å². The molecule has 0 unspecified atom stereocenters. The number of carbonyl (C=O) groups is 3. The van der Waals surface area contributed by atoms with Crippen LogP contribution in [0.5, 0.6) is 0 Å². The molecule has 8 nitrogen and oxygen atoms in total. The smallest absolute Gasteiger partial charge is 0.321 e. The van der Waals surface area contributed by atoms with Crippen molar-refractivity contribution in [1.82, 2.24) is 19.6 Å². The molecular formula is C17H25N5O3. The van der Waals surface area contributed by atoms with Crippen LogP contribution in [0, 0.1) is 13.8 Å². The van der Waals surface area contributed by atoms with E-state index in [1.54, 1.807) is 25.7 Å². The van der Waals surface area contributed by atoms with Crippen LogP contribution in [-0.4, -0.2) is 56.6 Å². The summed E-state index contributed by atoms with van der Waals surface area (Å²) in [5.41, 5.74) is 1.40. The molecule has 1 saturated carbocycles. The molecule has 25 heavy (non-hydrogen) atoms. The van der Waals surface area contributed by atoms with E-state index in [1.807, 2.05) is 6.92 Å². The molecule has 1 aromatic heterocycles. The lowest BCUT2D eigenvalue weighted by Gasteiger charge is -2.35. The Morgan fingerprint density at radius 2 is 1.80 bits per heavy atom. The second-order valence-electron chi connectivity index (χ2n) is 7.04. The second-order valence-corrected chi connectivity index (χ2v) is 7.04. The number of urea groups is 1. The largest absolute Gasteiger partial charge is 0.327 e. The molecular weight excluding hydrogens is 322 g/mol. The molecule has 0 bridgehead atoms. The maximum absolute atomic E-state index is 12.9. The first-order chi connectivity index (χ1) is 11.8. The topological polar surface area (TPSA) is 87.5 Å². The van der Waals surface area contributed by atoms with Gasteiger partial charge in [-0.15, -0.1) is 0 Å². The summed E-state index contributed by atoms with van der Waals surface area (Å²) in [7, 11) is 3.46. The third kappa shape index (κ3) is 2.69. The lowest BCUT2D eigenvalue weighted by atomic mass is 9.81. The fraction of sp³-hybridized carbons (Fsp3) is 0.647. The molecule has 2 aliphatic rings. The highest BCUT2D eigenvalue weighted by Crippen LogP contribution is 2.39. The molecule has 3 rings (SSSR count). The van der Waals surface area contributed by atoms with Gasteiger partial charge in [0, 0.05) is 14.1 Å². The Bertz CT molecular complexity index is 733. The van der Waals surface area contributed by atoms with Gasteiger partial charge in [0.15, 0.2) is 0 Å². The van der Waals surface area contributed by atoms with Gasteiger partial charge in [-0.2, -0.15) is 5.10 Å². The van der Waals surface area contributed by atoms with E-state index in [-0.39, 0.29) is 24.4 Å². The van der Waals surface area contributed by atoms with Crippen LogP contribution in [0.25, 0.3) is 0 Å². The fourth-order valence-corrected chi connectivity index (χ4v) is 3.95. The van der Waals surface area contributed by atoms with Crippen molar-refractivity contribution < 1.29 is 14.4 Å². The minimum absolute atomic E-state index is 0.241. The van der Waals surface area contributed by atoms with E-state index in [9.17, 15) is 14.4 Å². The fourth-order valence-electron chi connectivity index (χ4n) is 3.95. The van der Waals surface area contributed by atoms with Gasteiger partial charge in [0.2, 0.25) is 5.91 Å². The van der Waals surface area contributed by atoms with Gasteiger partial charge < -0.3 is 10.2 Å². The number of nitrogens with zero attached hydrogens (tertiary/aromatic N) is 4. The van der Waals surface area contributed by atoms with Gasteiger partial charge >= 0.3 is 6.03 Å². The molecule has 0 aromatic carbocycles. The number of nitrogens with one attached hydrogen (secondary N) is 1. The van der Waals surface area contributed by atoms with Crippen molar-refractivity contribution in [2.75, 3.05) is 18.9 Å². The minimum atomic E-state index is -0.754. The number of hydrogen-bond donors (Lipinski definition) is 1. The van der Waals surface area contributed by atoms with Crippen molar-refractivity contribution >= 4 is 23.5 Å². The Labute approximate surface area is 147 Å². The Balaban J connectivity index is 1.75. The lowest BCUT2D eigenvalue weighted by molar-refractivity contribution is -0.136. The molecule has 136 valence electrons. The summed E-state index contributed by atoms with van der Waals surface area (Å²) < 4.78 is 1.68. The Hall–Kier alpha value is -2.38. The van der Waals surface area contributed by atoms with Gasteiger partial charge in [-0.3, -0.25) is 19.2 Å². The zero-order chi connectivity index (χ0) is 18.4. The van der Waals surface area contributed by atoms with Crippen LogP contribution in [0.2, 0.25) is 0 Å². The van der Waals surface area contributed by atoms with Crippen molar-refractivity contribution in [3.63, 3.8) is 0 Å². The maximum atomic E-state index is 12.9. The van der Waals surface area contributed by atoms with Crippen molar-refractivity contribution in [2.45, 2.75) is 51.5 Å². The van der Waals surface area contributed by atoms with Crippen molar-refractivity contribution in [3.05, 3.63) is 11.4 Å². The lowest BCUT2D eigenvalue weighted by Crippen LogP contribution is -2.49. The highest BCUT2D eigenvalue weighted by Gasteiger charge is 2.55. The predicted octanol–water partition coefficient (Wildman–Crippen LogP) is 1.57. The molecule has 0 atom stereocenters. The summed E-state index contributed by atoms with van der Waals surface area (Å²) in [6, 6.07) is -0.387. The summed E-state index contributed by atoms with van der Waals surface area (Å²) in [5.74, 6) is -0.628. The number of aromatic nitrogens is 2. The summed E-state index contributed by atoms with van der Waals surface area (Å²) in [6.07, 6.45) is 4.28. The first-order valence-electron chi connectivity index (χ1n) is 8.68. The van der Waals surface area contributed by atoms with Crippen LogP contribution < -0.4 is 5.32 Å². The van der Waals surface area contributed by atoms with Gasteiger partial charge in [0.25, 0.3) is 5.91 Å². The van der Waals surface area contributed by atoms with Crippen LogP contribution in [0.15, 0.2) is 0 Å². The normalized spacial score (nSPS) is 19.8. The van der Waals surface area contributed by atoms with Crippen LogP contribution in [0.3, 0.4) is 0 Å². The average molecular weight is 347 g/mol. The molecule has 2 fully saturated rings. The predicted molar refractivity (Wildman–Crippen MR) is 92.0 cm³/mol. The zero-order valence-corrected chi connectivity index (χ0v) is 15.3. The summed E-state index contributed by atoms with van der Waals surface area (Å²) in [6.45, 7) is 3.39. The van der Waals surface area contributed by atoms with Crippen LogP contribution in [0.1, 0.15) is 43.5 Å². The van der Waals surface area contributed by atoms with Crippen molar-refractivity contribution in [1.29, 1.82) is 0 Å². The first kappa shape index (κ1) is 17.4. The van der Waals surface area contributed by atoms with Gasteiger partial charge in [0.1, 0.15) is 12.1 Å². The molecule has 4 amide bonds. The number of carbonyl (C=O) groups excluding carboxylic acids is 3. The van der Waals surface area contributed by atoms with E-state index in [0.29, 0.717) is 24.2 Å². The summed E-state index contributed by atoms with van der Waals surface area (Å²) >= 11 is 0. The zero-order valence-electron chi connectivity index (χ0n) is 15.3. The highest BCUT2D eigenvalue weighted by atomic mass is 16.2. The molecule has 8 heteroatoms. The molecule has 1 aliphatic carbocycles. The average Bonchev–Trinajstić information content (AvgIpc) is 2.92. The van der Waals surface area contributed by atoms with E-state index >= 15 is 0 Å². The van der Waals surface area contributed by atoms with E-state index in [1.165, 1.54) is 4.90 Å². The van der Waals surface area contributed by atoms with Gasteiger partial charge in [-0.1, -0.05) is 19.3 Å². The van der Waals surface area contributed by atoms with Gasteiger partial charge in [-0.25, -0.2) is 4.79 Å². The monoisotopic (exact) mass is 347 g/mol. The maximum Gasteiger partial charge on any atom is 0.327 e. The summed E-state index contributed by atoms with van der Waals surface area (Å²) in [5, 5.41) is 7.04. The molecule has 1 aromatic rings. The minimum Gasteiger partial charge on any atom is -0.321 e. The third-order valence-electron chi connectivity index (χ3n) is 5.56. The van der Waals surface area contributed by atoms with Crippen LogP contribution >= 0.6 is 0 Å². The number of aryl methyl sites for hydroxylation is 2. The van der Waals surface area contributed by atoms with E-state index in [0.717, 1.165) is 29.9 Å². The van der Waals surface area contributed by atoms with E-state index < -0.39 is 5.54 Å². The standard InChI is InChI=1S/C17H25N5O3/c1-11-14(12(2)21(4)19-11)18-13(23)10-22-15(24)17(20(3)16(22)25)8-6-5-7-9-17/h5-10H2,1-4H3,(H,18,23). The molecule has 1 N–H and O–H groups in total. The van der Waals surface area contributed by atoms with Crippen molar-refractivity contribution in [3.8, 4) is 0 Å². The van der Waals surface area contributed by atoms with Crippen LogP contribution in [0.4, 0.5) is 10.5 Å². The number of amides is 4. The quantitative estimate of drug-likeness (QED) is 0.841. The number of anilines is 1. The van der Waals surface area contributed by atoms with Gasteiger partial charge in [0.05, 0.1) is 17.1 Å². The van der Waals surface area contributed by atoms with E-state index in [2.05, 4.69) is 10.4 Å². The molecule has 0 radical (unpaired) electrons. The Morgan fingerprint density at radius 1 is 1.16 bits per heavy atom. The molecule has 2 heterocycles. The Kier molecular flexibility index (Phi) is 4.30. The number of likely N-dealkylation sites (N-methyl/N-ethyl adjacent to an activating group) is 1. The van der Waals surface area contributed by atoms with Crippen LogP contribution in [-0.2, 0) is 16.6 Å². The summed E-state index contributed by atoms with van der Waals surface area (Å²) in [4.78, 5) is 40.5.